The zero-order valence-electron chi connectivity index (χ0n) is 10.1. The van der Waals surface area contributed by atoms with E-state index in [1.165, 1.54) is 0 Å². The SMILES string of the molecule is CC1CC(NC(=O)C2CC(C(=O)O)=NO2)CCO1. The summed E-state index contributed by atoms with van der Waals surface area (Å²) in [5.74, 6) is -1.46. The molecule has 1 fully saturated rings. The van der Waals surface area contributed by atoms with Crippen LogP contribution in [0.1, 0.15) is 26.2 Å². The number of nitrogens with zero attached hydrogens (tertiary/aromatic N) is 1. The van der Waals surface area contributed by atoms with Crippen molar-refractivity contribution >= 4 is 17.6 Å². The molecule has 2 N–H and O–H groups in total. The molecule has 0 aliphatic carbocycles. The monoisotopic (exact) mass is 256 g/mol. The molecule has 0 saturated carbocycles. The zero-order chi connectivity index (χ0) is 13.1. The highest BCUT2D eigenvalue weighted by Gasteiger charge is 2.33. The van der Waals surface area contributed by atoms with Gasteiger partial charge >= 0.3 is 5.97 Å². The van der Waals surface area contributed by atoms with Crippen LogP contribution in [0.3, 0.4) is 0 Å². The number of amides is 1. The van der Waals surface area contributed by atoms with E-state index < -0.39 is 12.1 Å². The molecule has 0 aromatic heterocycles. The molecule has 0 bridgehead atoms. The molecule has 100 valence electrons. The van der Waals surface area contributed by atoms with Crippen LogP contribution in [0.5, 0.6) is 0 Å². The number of carbonyl (C=O) groups excluding carboxylic acids is 1. The van der Waals surface area contributed by atoms with Gasteiger partial charge in [0.05, 0.1) is 6.10 Å². The van der Waals surface area contributed by atoms with Gasteiger partial charge in [-0.3, -0.25) is 4.79 Å². The van der Waals surface area contributed by atoms with Crippen LogP contribution in [0, 0.1) is 0 Å². The molecule has 0 aromatic carbocycles. The predicted molar refractivity (Wildman–Crippen MR) is 61.1 cm³/mol. The number of aliphatic carboxylic acids is 1. The number of hydrogen-bond donors (Lipinski definition) is 2. The Kier molecular flexibility index (Phi) is 3.81. The molecule has 3 atom stereocenters. The molecule has 1 amide bonds. The van der Waals surface area contributed by atoms with Crippen molar-refractivity contribution in [3.8, 4) is 0 Å². The van der Waals surface area contributed by atoms with Gasteiger partial charge in [0, 0.05) is 19.1 Å². The third-order valence-electron chi connectivity index (χ3n) is 3.04. The Morgan fingerprint density at radius 2 is 2.28 bits per heavy atom. The molecular formula is C11H16N2O5. The van der Waals surface area contributed by atoms with Gasteiger partial charge in [0.1, 0.15) is 0 Å². The third kappa shape index (κ3) is 2.98. The predicted octanol–water partition coefficient (Wildman–Crippen LogP) is -0.100. The van der Waals surface area contributed by atoms with Crippen molar-refractivity contribution in [1.82, 2.24) is 5.32 Å². The summed E-state index contributed by atoms with van der Waals surface area (Å²) >= 11 is 0. The Morgan fingerprint density at radius 3 is 2.89 bits per heavy atom. The van der Waals surface area contributed by atoms with Crippen LogP contribution in [0.15, 0.2) is 5.16 Å². The Bertz CT molecular complexity index is 382. The zero-order valence-corrected chi connectivity index (χ0v) is 10.1. The largest absolute Gasteiger partial charge is 0.477 e. The maximum Gasteiger partial charge on any atom is 0.353 e. The van der Waals surface area contributed by atoms with Gasteiger partial charge in [0.15, 0.2) is 5.71 Å². The average molecular weight is 256 g/mol. The first-order valence-electron chi connectivity index (χ1n) is 5.94. The second-order valence-electron chi connectivity index (χ2n) is 4.55. The van der Waals surface area contributed by atoms with Gasteiger partial charge < -0.3 is 20.0 Å². The fourth-order valence-corrected chi connectivity index (χ4v) is 2.07. The van der Waals surface area contributed by atoms with Crippen LogP contribution < -0.4 is 5.32 Å². The molecule has 0 radical (unpaired) electrons. The smallest absolute Gasteiger partial charge is 0.353 e. The molecule has 2 aliphatic rings. The van der Waals surface area contributed by atoms with Crippen LogP contribution >= 0.6 is 0 Å². The van der Waals surface area contributed by atoms with E-state index in [9.17, 15) is 9.59 Å². The Hall–Kier alpha value is -1.63. The third-order valence-corrected chi connectivity index (χ3v) is 3.04. The first-order chi connectivity index (χ1) is 8.56. The van der Waals surface area contributed by atoms with Gasteiger partial charge in [0.2, 0.25) is 6.10 Å². The number of hydrogen-bond acceptors (Lipinski definition) is 5. The maximum absolute atomic E-state index is 11.8. The summed E-state index contributed by atoms with van der Waals surface area (Å²) in [7, 11) is 0. The minimum Gasteiger partial charge on any atom is -0.477 e. The Balaban J connectivity index is 1.81. The van der Waals surface area contributed by atoms with E-state index in [4.69, 9.17) is 14.7 Å². The van der Waals surface area contributed by atoms with Crippen LogP contribution in [0.25, 0.3) is 0 Å². The van der Waals surface area contributed by atoms with Gasteiger partial charge in [-0.25, -0.2) is 4.79 Å². The number of carboxylic acid groups (broad SMARTS) is 1. The Labute approximate surface area is 104 Å². The minimum absolute atomic E-state index is 0.0138. The molecule has 2 rings (SSSR count). The maximum atomic E-state index is 11.8. The van der Waals surface area contributed by atoms with E-state index in [2.05, 4.69) is 10.5 Å². The highest BCUT2D eigenvalue weighted by atomic mass is 16.6. The molecular weight excluding hydrogens is 240 g/mol. The molecule has 18 heavy (non-hydrogen) atoms. The van der Waals surface area contributed by atoms with Crippen LogP contribution in [0.4, 0.5) is 0 Å². The number of carboxylic acids is 1. The summed E-state index contributed by atoms with van der Waals surface area (Å²) in [5, 5.41) is 14.9. The van der Waals surface area contributed by atoms with Gasteiger partial charge in [0.25, 0.3) is 5.91 Å². The van der Waals surface area contributed by atoms with Crippen molar-refractivity contribution in [1.29, 1.82) is 0 Å². The fraction of sp³-hybridized carbons (Fsp3) is 0.727. The second kappa shape index (κ2) is 5.34. The molecule has 2 heterocycles. The minimum atomic E-state index is -1.15. The van der Waals surface area contributed by atoms with E-state index in [1.54, 1.807) is 0 Å². The average Bonchev–Trinajstić information content (AvgIpc) is 2.78. The Morgan fingerprint density at radius 1 is 1.50 bits per heavy atom. The molecule has 7 heteroatoms. The number of rotatable bonds is 3. The lowest BCUT2D eigenvalue weighted by Crippen LogP contribution is -2.45. The van der Waals surface area contributed by atoms with Crippen molar-refractivity contribution in [2.75, 3.05) is 6.61 Å². The molecule has 7 nitrogen and oxygen atoms in total. The first-order valence-corrected chi connectivity index (χ1v) is 5.94. The molecule has 0 spiro atoms. The number of nitrogens with one attached hydrogen (secondary N) is 1. The molecule has 3 unspecified atom stereocenters. The van der Waals surface area contributed by atoms with Crippen LogP contribution in [-0.2, 0) is 19.2 Å². The van der Waals surface area contributed by atoms with E-state index in [0.29, 0.717) is 6.61 Å². The number of ether oxygens (including phenoxy) is 1. The normalized spacial score (nSPS) is 31.4. The summed E-state index contributed by atoms with van der Waals surface area (Å²) in [4.78, 5) is 27.3. The van der Waals surface area contributed by atoms with Crippen molar-refractivity contribution in [3.05, 3.63) is 0 Å². The van der Waals surface area contributed by atoms with E-state index in [-0.39, 0.29) is 30.2 Å². The van der Waals surface area contributed by atoms with Crippen molar-refractivity contribution in [2.45, 2.75) is 44.4 Å². The van der Waals surface area contributed by atoms with Crippen molar-refractivity contribution in [3.63, 3.8) is 0 Å². The van der Waals surface area contributed by atoms with Gasteiger partial charge in [-0.1, -0.05) is 5.16 Å². The number of oxime groups is 1. The summed E-state index contributed by atoms with van der Waals surface area (Å²) in [6.45, 7) is 2.57. The summed E-state index contributed by atoms with van der Waals surface area (Å²) in [6.07, 6.45) is 0.828. The summed E-state index contributed by atoms with van der Waals surface area (Å²) in [6, 6.07) is 0.0544. The van der Waals surface area contributed by atoms with Gasteiger partial charge in [-0.15, -0.1) is 0 Å². The highest BCUT2D eigenvalue weighted by Crippen LogP contribution is 2.15. The fourth-order valence-electron chi connectivity index (χ4n) is 2.07. The van der Waals surface area contributed by atoms with Gasteiger partial charge in [-0.2, -0.15) is 0 Å². The summed E-state index contributed by atoms with van der Waals surface area (Å²) < 4.78 is 5.38. The summed E-state index contributed by atoms with van der Waals surface area (Å²) in [5.41, 5.74) is -0.115. The van der Waals surface area contributed by atoms with Crippen LogP contribution in [0.2, 0.25) is 0 Å². The molecule has 2 aliphatic heterocycles. The van der Waals surface area contributed by atoms with Gasteiger partial charge in [-0.05, 0) is 19.8 Å². The molecule has 0 aromatic rings. The lowest BCUT2D eigenvalue weighted by atomic mass is 10.0. The second-order valence-corrected chi connectivity index (χ2v) is 4.55. The standard InChI is InChI=1S/C11H16N2O5/c1-6-4-7(2-3-17-6)12-10(14)9-5-8(11(15)16)13-18-9/h6-7,9H,2-5H2,1H3,(H,12,14)(H,15,16). The van der Waals surface area contributed by atoms with E-state index in [0.717, 1.165) is 12.8 Å². The quantitative estimate of drug-likeness (QED) is 0.735. The number of carbonyl (C=O) groups is 2. The van der Waals surface area contributed by atoms with E-state index >= 15 is 0 Å². The van der Waals surface area contributed by atoms with Crippen LogP contribution in [-0.4, -0.2) is 47.6 Å². The van der Waals surface area contributed by atoms with Crippen molar-refractivity contribution in [2.24, 2.45) is 5.16 Å². The molecule has 1 saturated heterocycles. The lowest BCUT2D eigenvalue weighted by molar-refractivity contribution is -0.133. The van der Waals surface area contributed by atoms with Crippen molar-refractivity contribution < 1.29 is 24.3 Å². The van der Waals surface area contributed by atoms with E-state index in [1.807, 2.05) is 6.92 Å². The topological polar surface area (TPSA) is 97.2 Å². The highest BCUT2D eigenvalue weighted by molar-refractivity contribution is 6.36. The lowest BCUT2D eigenvalue weighted by Gasteiger charge is -2.28. The first kappa shape index (κ1) is 12.8.